The lowest BCUT2D eigenvalue weighted by atomic mass is 10.1. The van der Waals surface area contributed by atoms with Crippen LogP contribution in [0.25, 0.3) is 0 Å². The largest absolute Gasteiger partial charge is 0.494 e. The van der Waals surface area contributed by atoms with Crippen LogP contribution in [0.15, 0.2) is 36.4 Å². The van der Waals surface area contributed by atoms with Crippen molar-refractivity contribution in [1.29, 1.82) is 0 Å². The Balaban J connectivity index is 1.69. The lowest BCUT2D eigenvalue weighted by Crippen LogP contribution is -2.23. The van der Waals surface area contributed by atoms with E-state index in [1.165, 1.54) is 0 Å². The predicted octanol–water partition coefficient (Wildman–Crippen LogP) is 3.91. The third-order valence-corrected chi connectivity index (χ3v) is 4.46. The molecule has 0 spiro atoms. The predicted molar refractivity (Wildman–Crippen MR) is 110 cm³/mol. The second kappa shape index (κ2) is 9.32. The van der Waals surface area contributed by atoms with E-state index in [0.29, 0.717) is 24.4 Å². The number of hydrogen-bond acceptors (Lipinski definition) is 5. The van der Waals surface area contributed by atoms with Gasteiger partial charge in [0.1, 0.15) is 17.6 Å². The average molecular weight is 398 g/mol. The quantitative estimate of drug-likeness (QED) is 0.739. The molecule has 2 aromatic carbocycles. The fourth-order valence-corrected chi connectivity index (χ4v) is 3.21. The average Bonchev–Trinajstić information content (AvgIpc) is 3.05. The summed E-state index contributed by atoms with van der Waals surface area (Å²) in [6, 6.07) is 10.6. The molecule has 1 atom stereocenters. The second-order valence-corrected chi connectivity index (χ2v) is 6.74. The Kier molecular flexibility index (Phi) is 6.59. The number of fused-ring (bicyclic) bond motifs is 1. The van der Waals surface area contributed by atoms with Crippen molar-refractivity contribution in [2.24, 2.45) is 0 Å². The molecule has 2 amide bonds. The molecule has 7 heteroatoms. The van der Waals surface area contributed by atoms with Crippen LogP contribution in [0.4, 0.5) is 10.5 Å². The van der Waals surface area contributed by atoms with E-state index in [9.17, 15) is 9.59 Å². The molecule has 0 fully saturated rings. The molecule has 1 heterocycles. The zero-order valence-corrected chi connectivity index (χ0v) is 16.9. The van der Waals surface area contributed by atoms with E-state index in [1.807, 2.05) is 26.0 Å². The fraction of sp³-hybridized carbons (Fsp3) is 0.364. The van der Waals surface area contributed by atoms with Gasteiger partial charge in [-0.3, -0.25) is 10.1 Å². The van der Waals surface area contributed by atoms with Gasteiger partial charge in [0.05, 0.1) is 13.2 Å². The van der Waals surface area contributed by atoms with Crippen molar-refractivity contribution in [2.45, 2.75) is 39.8 Å². The molecule has 154 valence electrons. The number of hydrogen-bond donors (Lipinski definition) is 2. The number of amides is 2. The van der Waals surface area contributed by atoms with Gasteiger partial charge in [0.2, 0.25) is 0 Å². The van der Waals surface area contributed by atoms with Crippen LogP contribution in [0.5, 0.6) is 11.5 Å². The zero-order chi connectivity index (χ0) is 20.8. The smallest absolute Gasteiger partial charge is 0.411 e. The maximum absolute atomic E-state index is 12.6. The molecule has 0 saturated carbocycles. The van der Waals surface area contributed by atoms with Crippen LogP contribution in [0.1, 0.15) is 42.3 Å². The van der Waals surface area contributed by atoms with Crippen LogP contribution in [-0.4, -0.2) is 31.3 Å². The minimum atomic E-state index is -0.557. The zero-order valence-electron chi connectivity index (χ0n) is 16.9. The Morgan fingerprint density at radius 2 is 2.00 bits per heavy atom. The number of rotatable bonds is 7. The fourth-order valence-electron chi connectivity index (χ4n) is 3.21. The lowest BCUT2D eigenvalue weighted by Gasteiger charge is -2.14. The summed E-state index contributed by atoms with van der Waals surface area (Å²) in [5.41, 5.74) is 2.90. The molecule has 2 N–H and O–H groups in total. The lowest BCUT2D eigenvalue weighted by molar-refractivity contribution is 0.0950. The first-order chi connectivity index (χ1) is 14.0. The van der Waals surface area contributed by atoms with Crippen molar-refractivity contribution in [2.75, 3.05) is 18.5 Å². The van der Waals surface area contributed by atoms with E-state index in [0.717, 1.165) is 29.0 Å². The van der Waals surface area contributed by atoms with Gasteiger partial charge in [-0.05, 0) is 51.1 Å². The monoisotopic (exact) mass is 398 g/mol. The van der Waals surface area contributed by atoms with Crippen molar-refractivity contribution in [3.8, 4) is 11.5 Å². The molecule has 0 radical (unpaired) electrons. The van der Waals surface area contributed by atoms with Gasteiger partial charge in [-0.15, -0.1) is 0 Å². The van der Waals surface area contributed by atoms with Crippen LogP contribution in [-0.2, 0) is 17.7 Å². The summed E-state index contributed by atoms with van der Waals surface area (Å²) in [6.45, 7) is 6.80. The summed E-state index contributed by atoms with van der Waals surface area (Å²) in [4.78, 5) is 24.2. The van der Waals surface area contributed by atoms with Crippen LogP contribution < -0.4 is 20.1 Å². The topological polar surface area (TPSA) is 85.9 Å². The highest BCUT2D eigenvalue weighted by Gasteiger charge is 2.22. The van der Waals surface area contributed by atoms with E-state index in [2.05, 4.69) is 10.6 Å². The van der Waals surface area contributed by atoms with Gasteiger partial charge in [-0.1, -0.05) is 6.07 Å². The first-order valence-electron chi connectivity index (χ1n) is 9.77. The maximum atomic E-state index is 12.6. The minimum absolute atomic E-state index is 0.138. The Hall–Kier alpha value is -3.22. The van der Waals surface area contributed by atoms with Crippen LogP contribution in [0, 0.1) is 0 Å². The molecule has 0 saturated heterocycles. The molecule has 0 unspecified atom stereocenters. The molecule has 7 nitrogen and oxygen atoms in total. The van der Waals surface area contributed by atoms with E-state index in [1.54, 1.807) is 31.2 Å². The van der Waals surface area contributed by atoms with Crippen molar-refractivity contribution in [1.82, 2.24) is 5.32 Å². The molecule has 0 aromatic heterocycles. The number of ether oxygens (including phenoxy) is 3. The Morgan fingerprint density at radius 3 is 2.76 bits per heavy atom. The number of carbonyl (C=O) groups excluding carboxylic acids is 2. The van der Waals surface area contributed by atoms with Gasteiger partial charge in [-0.25, -0.2) is 4.79 Å². The molecule has 3 rings (SSSR count). The molecule has 29 heavy (non-hydrogen) atoms. The first kappa shape index (κ1) is 20.5. The first-order valence-corrected chi connectivity index (χ1v) is 9.77. The van der Waals surface area contributed by atoms with Crippen molar-refractivity contribution in [3.05, 3.63) is 53.1 Å². The highest BCUT2D eigenvalue weighted by atomic mass is 16.5. The van der Waals surface area contributed by atoms with Gasteiger partial charge in [-0.2, -0.15) is 0 Å². The molecule has 0 bridgehead atoms. The normalized spacial score (nSPS) is 14.5. The number of nitrogens with one attached hydrogen (secondary N) is 2. The summed E-state index contributed by atoms with van der Waals surface area (Å²) in [5, 5.41) is 5.50. The van der Waals surface area contributed by atoms with Gasteiger partial charge in [0, 0.05) is 35.3 Å². The highest BCUT2D eigenvalue weighted by Crippen LogP contribution is 2.35. The van der Waals surface area contributed by atoms with Crippen LogP contribution in [0.2, 0.25) is 0 Å². The van der Waals surface area contributed by atoms with Gasteiger partial charge >= 0.3 is 6.09 Å². The van der Waals surface area contributed by atoms with Crippen LogP contribution in [0.3, 0.4) is 0 Å². The molecule has 2 aromatic rings. The summed E-state index contributed by atoms with van der Waals surface area (Å²) in [5.74, 6) is 1.34. The summed E-state index contributed by atoms with van der Waals surface area (Å²) < 4.78 is 16.4. The number of anilines is 1. The molecule has 0 aliphatic carbocycles. The maximum Gasteiger partial charge on any atom is 0.411 e. The number of carbonyl (C=O) groups is 2. The molecule has 1 aliphatic rings. The third-order valence-electron chi connectivity index (χ3n) is 4.46. The summed E-state index contributed by atoms with van der Waals surface area (Å²) >= 11 is 0. The van der Waals surface area contributed by atoms with E-state index in [4.69, 9.17) is 14.2 Å². The van der Waals surface area contributed by atoms with Gasteiger partial charge < -0.3 is 19.5 Å². The second-order valence-electron chi connectivity index (χ2n) is 6.74. The molecular formula is C22H26N2O5. The summed E-state index contributed by atoms with van der Waals surface area (Å²) in [6.07, 6.45) is 0.431. The van der Waals surface area contributed by atoms with E-state index >= 15 is 0 Å². The number of benzene rings is 2. The standard InChI is InChI=1S/C22H26N2O5/c1-4-27-19-11-16-9-14(3)29-20(16)12-17(19)13-23-21(25)15-7-6-8-18(10-15)24-22(26)28-5-2/h6-8,10-12,14H,4-5,9,13H2,1-3H3,(H,23,25)(H,24,26)/t14-/m0/s1. The van der Waals surface area contributed by atoms with E-state index < -0.39 is 6.09 Å². The van der Waals surface area contributed by atoms with Gasteiger partial charge in [0.25, 0.3) is 5.91 Å². The van der Waals surface area contributed by atoms with Crippen molar-refractivity contribution < 1.29 is 23.8 Å². The molecular weight excluding hydrogens is 372 g/mol. The van der Waals surface area contributed by atoms with Crippen LogP contribution >= 0.6 is 0 Å². The third kappa shape index (κ3) is 5.19. The minimum Gasteiger partial charge on any atom is -0.494 e. The molecule has 1 aliphatic heterocycles. The van der Waals surface area contributed by atoms with E-state index in [-0.39, 0.29) is 18.6 Å². The Morgan fingerprint density at radius 1 is 1.17 bits per heavy atom. The summed E-state index contributed by atoms with van der Waals surface area (Å²) in [7, 11) is 0. The Bertz CT molecular complexity index is 897. The Labute approximate surface area is 170 Å². The van der Waals surface area contributed by atoms with Gasteiger partial charge in [0.15, 0.2) is 0 Å². The highest BCUT2D eigenvalue weighted by molar-refractivity contribution is 5.96. The SMILES string of the molecule is CCOC(=O)Nc1cccc(C(=O)NCc2cc3c(cc2OCC)C[C@H](C)O3)c1. The van der Waals surface area contributed by atoms with Crippen molar-refractivity contribution >= 4 is 17.7 Å². The van der Waals surface area contributed by atoms with Crippen molar-refractivity contribution in [3.63, 3.8) is 0 Å².